The van der Waals surface area contributed by atoms with E-state index < -0.39 is 21.2 Å². The topological polar surface area (TPSA) is 136 Å². The first-order chi connectivity index (χ1) is 17.1. The Kier molecular flexibility index (Phi) is 6.45. The molecule has 188 valence electrons. The third kappa shape index (κ3) is 4.57. The summed E-state index contributed by atoms with van der Waals surface area (Å²) >= 11 is 5.85. The molecule has 1 fully saturated rings. The molecule has 10 nitrogen and oxygen atoms in total. The molecule has 2 aliphatic rings. The second-order valence-electron chi connectivity index (χ2n) is 9.00. The lowest BCUT2D eigenvalue weighted by Gasteiger charge is -2.42. The molecule has 12 heteroatoms. The number of aromatic nitrogens is 1. The number of fused-ring (bicyclic) bond motifs is 4. The minimum Gasteiger partial charge on any atom is -0.595 e. The molecule has 1 amide bonds. The van der Waals surface area contributed by atoms with Crippen LogP contribution in [0.15, 0.2) is 70.4 Å². The Morgan fingerprint density at radius 3 is 2.56 bits per heavy atom. The smallest absolute Gasteiger partial charge is 0.255 e. The van der Waals surface area contributed by atoms with Gasteiger partial charge < -0.3 is 15.1 Å². The molecule has 2 aromatic carbocycles. The van der Waals surface area contributed by atoms with Crippen LogP contribution in [0.5, 0.6) is 0 Å². The van der Waals surface area contributed by atoms with Gasteiger partial charge in [-0.05, 0) is 54.8 Å². The van der Waals surface area contributed by atoms with Crippen molar-refractivity contribution in [3.05, 3.63) is 92.5 Å². The first-order valence-electron chi connectivity index (χ1n) is 11.3. The average molecular weight is 531 g/mol. The zero-order chi connectivity index (χ0) is 25.6. The van der Waals surface area contributed by atoms with Crippen LogP contribution in [0.25, 0.3) is 0 Å². The maximum Gasteiger partial charge on any atom is 0.255 e. The number of carbonyl (C=O) groups excluding carboxylic acids is 1. The number of quaternary nitrogens is 1. The van der Waals surface area contributed by atoms with Gasteiger partial charge in [-0.1, -0.05) is 17.7 Å². The fraction of sp³-hybridized carbons (Fsp3) is 0.250. The van der Waals surface area contributed by atoms with Crippen molar-refractivity contribution in [2.24, 2.45) is 5.92 Å². The lowest BCUT2D eigenvalue weighted by Crippen LogP contribution is -2.99. The van der Waals surface area contributed by atoms with Crippen LogP contribution in [-0.2, 0) is 16.6 Å². The van der Waals surface area contributed by atoms with Crippen molar-refractivity contribution < 1.29 is 23.6 Å². The fourth-order valence-electron chi connectivity index (χ4n) is 4.94. The number of benzene rings is 2. The van der Waals surface area contributed by atoms with Gasteiger partial charge in [0.2, 0.25) is 10.0 Å². The summed E-state index contributed by atoms with van der Waals surface area (Å²) in [6.45, 7) is 1.13. The highest BCUT2D eigenvalue weighted by Gasteiger charge is 2.39. The number of rotatable bonds is 5. The van der Waals surface area contributed by atoms with Crippen molar-refractivity contribution in [3.63, 3.8) is 0 Å². The number of hydrogen-bond donors (Lipinski definition) is 3. The summed E-state index contributed by atoms with van der Waals surface area (Å²) in [4.78, 5) is 24.9. The summed E-state index contributed by atoms with van der Waals surface area (Å²) < 4.78 is 30.0. The number of amides is 1. The molecule has 3 unspecified atom stereocenters. The van der Waals surface area contributed by atoms with Gasteiger partial charge in [-0.3, -0.25) is 9.59 Å². The Hall–Kier alpha value is -3.06. The molecule has 3 heterocycles. The van der Waals surface area contributed by atoms with E-state index in [1.165, 1.54) is 52.8 Å². The number of carbonyl (C=O) groups is 1. The first kappa shape index (κ1) is 24.6. The summed E-state index contributed by atoms with van der Waals surface area (Å²) in [5.74, 6) is -0.544. The van der Waals surface area contributed by atoms with Gasteiger partial charge >= 0.3 is 0 Å². The van der Waals surface area contributed by atoms with Gasteiger partial charge in [-0.2, -0.15) is 9.53 Å². The summed E-state index contributed by atoms with van der Waals surface area (Å²) in [6.07, 6.45) is 0.842. The molecule has 3 aromatic rings. The zero-order valence-electron chi connectivity index (χ0n) is 18.9. The number of sulfonamides is 1. The number of nitrogens with zero attached hydrogens (tertiary/aromatic N) is 2. The van der Waals surface area contributed by atoms with Crippen LogP contribution < -0.4 is 16.1 Å². The largest absolute Gasteiger partial charge is 0.595 e. The van der Waals surface area contributed by atoms with Crippen LogP contribution in [0.3, 0.4) is 0 Å². The number of pyridine rings is 1. The molecular weight excluding hydrogens is 508 g/mol. The Bertz CT molecular complexity index is 1490. The maximum absolute atomic E-state index is 13.4. The lowest BCUT2D eigenvalue weighted by atomic mass is 9.84. The second-order valence-corrected chi connectivity index (χ2v) is 11.3. The van der Waals surface area contributed by atoms with Gasteiger partial charge in [-0.15, -0.1) is 0 Å². The zero-order valence-corrected chi connectivity index (χ0v) is 20.5. The minimum absolute atomic E-state index is 0.0195. The van der Waals surface area contributed by atoms with E-state index in [0.29, 0.717) is 25.3 Å². The van der Waals surface area contributed by atoms with Crippen molar-refractivity contribution in [2.75, 3.05) is 18.4 Å². The van der Waals surface area contributed by atoms with E-state index >= 15 is 0 Å². The van der Waals surface area contributed by atoms with Gasteiger partial charge in [0.15, 0.2) is 5.69 Å². The quantitative estimate of drug-likeness (QED) is 0.431. The molecule has 2 bridgehead atoms. The third-order valence-electron chi connectivity index (χ3n) is 6.66. The van der Waals surface area contributed by atoms with Gasteiger partial charge in [0, 0.05) is 54.6 Å². The molecule has 36 heavy (non-hydrogen) atoms. The highest BCUT2D eigenvalue weighted by Crippen LogP contribution is 2.37. The standard InChI is InChI=1S/C24H23ClN4O6S/c25-20-9-4-16(11-22(20)29(32)33)24(31)26-18-5-7-19(8-6-18)36(34,35)27-12-15-10-17(14-27)21-2-1-3-23(30)28(21)13-15/h1-9,11,15,17,29,32H,10,12-14H2,(H,26,31). The number of halogens is 1. The van der Waals surface area contributed by atoms with Crippen molar-refractivity contribution >= 4 is 38.9 Å². The summed E-state index contributed by atoms with van der Waals surface area (Å²) in [6, 6.07) is 14.9. The Morgan fingerprint density at radius 2 is 1.83 bits per heavy atom. The predicted octanol–water partition coefficient (Wildman–Crippen LogP) is 1.97. The van der Waals surface area contributed by atoms with E-state index in [-0.39, 0.29) is 38.6 Å². The highest BCUT2D eigenvalue weighted by atomic mass is 35.5. The molecule has 5 rings (SSSR count). The number of piperidine rings is 1. The summed E-state index contributed by atoms with van der Waals surface area (Å²) in [7, 11) is -3.78. The van der Waals surface area contributed by atoms with Gasteiger partial charge in [0.1, 0.15) is 5.02 Å². The third-order valence-corrected chi connectivity index (χ3v) is 8.83. The van der Waals surface area contributed by atoms with Crippen molar-refractivity contribution in [1.82, 2.24) is 8.87 Å². The minimum atomic E-state index is -3.78. The Morgan fingerprint density at radius 1 is 1.08 bits per heavy atom. The number of hydrogen-bond acceptors (Lipinski definition) is 6. The molecule has 2 aliphatic heterocycles. The van der Waals surface area contributed by atoms with Crippen molar-refractivity contribution in [2.45, 2.75) is 23.8 Å². The number of anilines is 1. The van der Waals surface area contributed by atoms with Crippen LogP contribution in [0, 0.1) is 11.1 Å². The fourth-order valence-corrected chi connectivity index (χ4v) is 6.70. The second kappa shape index (κ2) is 9.43. The average Bonchev–Trinajstić information content (AvgIpc) is 2.85. The first-order valence-corrected chi connectivity index (χ1v) is 13.1. The summed E-state index contributed by atoms with van der Waals surface area (Å²) in [5, 5.41) is 21.9. The molecule has 3 atom stereocenters. The van der Waals surface area contributed by atoms with Crippen molar-refractivity contribution in [1.29, 1.82) is 0 Å². The van der Waals surface area contributed by atoms with E-state index in [1.807, 2.05) is 6.07 Å². The monoisotopic (exact) mass is 530 g/mol. The molecule has 1 saturated heterocycles. The van der Waals surface area contributed by atoms with Crippen LogP contribution in [0.1, 0.15) is 28.4 Å². The van der Waals surface area contributed by atoms with E-state index in [4.69, 9.17) is 11.6 Å². The Balaban J connectivity index is 1.32. The van der Waals surface area contributed by atoms with E-state index in [9.17, 15) is 28.4 Å². The molecule has 3 N–H and O–H groups in total. The predicted molar refractivity (Wildman–Crippen MR) is 132 cm³/mol. The van der Waals surface area contributed by atoms with E-state index in [2.05, 4.69) is 5.32 Å². The van der Waals surface area contributed by atoms with Crippen LogP contribution in [-0.4, -0.2) is 41.5 Å². The normalized spacial score (nSPS) is 20.4. The molecule has 0 radical (unpaired) electrons. The van der Waals surface area contributed by atoms with Crippen LogP contribution in [0.4, 0.5) is 11.4 Å². The molecule has 1 aromatic heterocycles. The van der Waals surface area contributed by atoms with Gasteiger partial charge in [0.25, 0.3) is 11.5 Å². The molecule has 0 spiro atoms. The molecular formula is C24H23ClN4O6S. The van der Waals surface area contributed by atoms with E-state index in [1.54, 1.807) is 10.6 Å². The Labute approximate surface area is 211 Å². The van der Waals surface area contributed by atoms with Crippen LogP contribution in [0.2, 0.25) is 5.02 Å². The molecule has 0 saturated carbocycles. The van der Waals surface area contributed by atoms with Gasteiger partial charge in [0.05, 0.1) is 4.90 Å². The lowest BCUT2D eigenvalue weighted by molar-refractivity contribution is -0.991. The summed E-state index contributed by atoms with van der Waals surface area (Å²) in [5.41, 5.74) is 1.07. The van der Waals surface area contributed by atoms with Crippen LogP contribution >= 0.6 is 11.6 Å². The van der Waals surface area contributed by atoms with Gasteiger partial charge in [-0.25, -0.2) is 13.6 Å². The number of nitrogens with one attached hydrogen (secondary N) is 2. The van der Waals surface area contributed by atoms with Crippen molar-refractivity contribution in [3.8, 4) is 0 Å². The SMILES string of the molecule is O=C(Nc1ccc(S(=O)(=O)N2CC3CC(C2)c2cccc(=O)n2C3)cc1)c1ccc(Cl)c([NH+]([O-])O)c1. The highest BCUT2D eigenvalue weighted by molar-refractivity contribution is 7.89. The van der Waals surface area contributed by atoms with E-state index in [0.717, 1.165) is 12.1 Å². The maximum atomic E-state index is 13.4. The molecule has 0 aliphatic carbocycles.